The Morgan fingerprint density at radius 1 is 1.43 bits per heavy atom. The first-order valence-corrected chi connectivity index (χ1v) is 6.92. The summed E-state index contributed by atoms with van der Waals surface area (Å²) in [5, 5.41) is 25.4. The summed E-state index contributed by atoms with van der Waals surface area (Å²) in [7, 11) is 1.42. The van der Waals surface area contributed by atoms with E-state index in [9.17, 15) is 19.5 Å². The number of hydrogen-bond donors (Lipinski definition) is 3. The van der Waals surface area contributed by atoms with Gasteiger partial charge in [0.05, 0.1) is 5.69 Å². The Bertz CT molecular complexity index is 922. The summed E-state index contributed by atoms with van der Waals surface area (Å²) in [5.41, 5.74) is 0.407. The van der Waals surface area contributed by atoms with Crippen LogP contribution in [0.4, 0.5) is 0 Å². The van der Waals surface area contributed by atoms with Gasteiger partial charge in [0.1, 0.15) is 12.1 Å². The van der Waals surface area contributed by atoms with Crippen LogP contribution >= 0.6 is 0 Å². The highest BCUT2D eigenvalue weighted by Crippen LogP contribution is 2.30. The normalized spacial score (nSPS) is 13.1. The Hall–Kier alpha value is -3.10. The summed E-state index contributed by atoms with van der Waals surface area (Å²) < 4.78 is 2.36. The first-order chi connectivity index (χ1) is 10.9. The summed E-state index contributed by atoms with van der Waals surface area (Å²) >= 11 is 0. The maximum absolute atomic E-state index is 12.3. The predicted molar refractivity (Wildman–Crippen MR) is 79.4 cm³/mol. The molecule has 0 fully saturated rings. The Morgan fingerprint density at radius 2 is 2.17 bits per heavy atom. The minimum absolute atomic E-state index is 0.284. The molecular weight excluding hydrogens is 304 g/mol. The number of amides is 1. The highest BCUT2D eigenvalue weighted by Gasteiger charge is 2.26. The Balaban J connectivity index is 2.23. The molecule has 9 heteroatoms. The molecule has 1 amide bonds. The molecule has 2 heterocycles. The summed E-state index contributed by atoms with van der Waals surface area (Å²) in [6.07, 6.45) is 5.11. The van der Waals surface area contributed by atoms with Crippen molar-refractivity contribution in [2.45, 2.75) is 12.8 Å². The molecular formula is C14H14N4O5. The van der Waals surface area contributed by atoms with Crippen molar-refractivity contribution in [3.05, 3.63) is 33.3 Å². The largest absolute Gasteiger partial charge is 0.505 e. The number of aromatic nitrogens is 3. The monoisotopic (exact) mass is 318 g/mol. The fourth-order valence-corrected chi connectivity index (χ4v) is 2.63. The Kier molecular flexibility index (Phi) is 3.40. The van der Waals surface area contributed by atoms with Crippen molar-refractivity contribution in [3.8, 4) is 5.75 Å². The van der Waals surface area contributed by atoms with Crippen LogP contribution in [0.1, 0.15) is 28.0 Å². The third-order valence-electron chi connectivity index (χ3n) is 3.71. The van der Waals surface area contributed by atoms with E-state index in [0.29, 0.717) is 12.1 Å². The molecule has 3 rings (SSSR count). The smallest absolute Gasteiger partial charge is 0.322 e. The van der Waals surface area contributed by atoms with Crippen molar-refractivity contribution >= 4 is 23.5 Å². The van der Waals surface area contributed by atoms with Gasteiger partial charge in [0, 0.05) is 12.6 Å². The third kappa shape index (κ3) is 2.26. The molecule has 0 radical (unpaired) electrons. The van der Waals surface area contributed by atoms with E-state index in [1.54, 1.807) is 6.08 Å². The molecule has 0 spiro atoms. The molecule has 0 saturated carbocycles. The molecule has 23 heavy (non-hydrogen) atoms. The maximum Gasteiger partial charge on any atom is 0.322 e. The van der Waals surface area contributed by atoms with Crippen LogP contribution in [0.5, 0.6) is 5.75 Å². The van der Waals surface area contributed by atoms with Crippen LogP contribution in [0.2, 0.25) is 0 Å². The van der Waals surface area contributed by atoms with Gasteiger partial charge in [-0.25, -0.2) is 4.68 Å². The fourth-order valence-electron chi connectivity index (χ4n) is 2.63. The molecule has 0 aliphatic heterocycles. The van der Waals surface area contributed by atoms with Gasteiger partial charge in [-0.05, 0) is 18.9 Å². The second-order valence-corrected chi connectivity index (χ2v) is 5.17. The van der Waals surface area contributed by atoms with E-state index in [1.165, 1.54) is 11.7 Å². The number of allylic oxidation sites excluding steroid dienone is 1. The number of fused-ring (bicyclic) bond motifs is 3. The first kappa shape index (κ1) is 14.8. The number of aryl methyl sites for hydroxylation is 2. The van der Waals surface area contributed by atoms with Gasteiger partial charge < -0.3 is 15.5 Å². The zero-order valence-corrected chi connectivity index (χ0v) is 12.2. The lowest BCUT2D eigenvalue weighted by molar-refractivity contribution is -0.135. The number of hydrogen-bond acceptors (Lipinski definition) is 5. The molecule has 0 saturated heterocycles. The van der Waals surface area contributed by atoms with Gasteiger partial charge in [0.15, 0.2) is 11.3 Å². The van der Waals surface area contributed by atoms with E-state index < -0.39 is 35.3 Å². The molecule has 2 aromatic heterocycles. The average Bonchev–Trinajstić information content (AvgIpc) is 2.90. The third-order valence-corrected chi connectivity index (χ3v) is 3.71. The van der Waals surface area contributed by atoms with E-state index in [1.807, 2.05) is 6.08 Å². The van der Waals surface area contributed by atoms with Crippen LogP contribution in [0.25, 0.3) is 11.6 Å². The van der Waals surface area contributed by atoms with Crippen molar-refractivity contribution in [2.75, 3.05) is 6.54 Å². The highest BCUT2D eigenvalue weighted by molar-refractivity contribution is 6.00. The lowest BCUT2D eigenvalue weighted by Crippen LogP contribution is -2.36. The number of aromatic hydroxyl groups is 1. The summed E-state index contributed by atoms with van der Waals surface area (Å²) in [6.45, 7) is -0.646. The van der Waals surface area contributed by atoms with Crippen LogP contribution in [0.15, 0.2) is 10.9 Å². The maximum atomic E-state index is 12.3. The second-order valence-electron chi connectivity index (χ2n) is 5.17. The Morgan fingerprint density at radius 3 is 2.87 bits per heavy atom. The summed E-state index contributed by atoms with van der Waals surface area (Å²) in [6, 6.07) is 0. The van der Waals surface area contributed by atoms with Gasteiger partial charge in [-0.15, -0.1) is 0 Å². The average molecular weight is 318 g/mol. The molecule has 120 valence electrons. The molecule has 9 nitrogen and oxygen atoms in total. The SMILES string of the molecule is Cn1c(=O)c(C(=O)NCC(=O)O)c(O)c2c3c(nn21)C=CCC3. The molecule has 0 bridgehead atoms. The van der Waals surface area contributed by atoms with Gasteiger partial charge in [0.2, 0.25) is 0 Å². The lowest BCUT2D eigenvalue weighted by atomic mass is 10.0. The topological polar surface area (TPSA) is 126 Å². The number of aliphatic carboxylic acids is 1. The number of nitrogens with one attached hydrogen (secondary N) is 1. The van der Waals surface area contributed by atoms with E-state index >= 15 is 0 Å². The number of nitrogens with zero attached hydrogens (tertiary/aromatic N) is 3. The van der Waals surface area contributed by atoms with Crippen LogP contribution in [-0.4, -0.2) is 43.0 Å². The van der Waals surface area contributed by atoms with Crippen LogP contribution in [0.3, 0.4) is 0 Å². The molecule has 0 atom stereocenters. The quantitative estimate of drug-likeness (QED) is 0.701. The van der Waals surface area contributed by atoms with Crippen molar-refractivity contribution in [3.63, 3.8) is 0 Å². The van der Waals surface area contributed by atoms with Crippen molar-refractivity contribution in [2.24, 2.45) is 7.05 Å². The van der Waals surface area contributed by atoms with E-state index in [0.717, 1.165) is 16.7 Å². The van der Waals surface area contributed by atoms with E-state index in [-0.39, 0.29) is 5.52 Å². The number of carboxylic acid groups (broad SMARTS) is 1. The molecule has 2 aromatic rings. The minimum Gasteiger partial charge on any atom is -0.505 e. The van der Waals surface area contributed by atoms with Gasteiger partial charge in [0.25, 0.3) is 11.5 Å². The zero-order valence-electron chi connectivity index (χ0n) is 12.2. The standard InChI is InChI=1S/C14H14N4O5/c1-17-14(23)10(13(22)15-6-9(19)20)12(21)11-7-4-2-3-5-8(7)16-18(11)17/h3,5,21H,2,4,6H2,1H3,(H,15,22)(H,19,20). The molecule has 1 aliphatic carbocycles. The Labute approximate surface area is 129 Å². The number of carboxylic acids is 1. The number of carbonyl (C=O) groups is 2. The van der Waals surface area contributed by atoms with Gasteiger partial charge >= 0.3 is 5.97 Å². The van der Waals surface area contributed by atoms with Crippen molar-refractivity contribution < 1.29 is 19.8 Å². The van der Waals surface area contributed by atoms with Gasteiger partial charge in [-0.2, -0.15) is 9.73 Å². The highest BCUT2D eigenvalue weighted by atomic mass is 16.4. The minimum atomic E-state index is -1.25. The van der Waals surface area contributed by atoms with Gasteiger partial charge in [-0.1, -0.05) is 6.08 Å². The van der Waals surface area contributed by atoms with Crippen LogP contribution in [-0.2, 0) is 18.3 Å². The lowest BCUT2D eigenvalue weighted by Gasteiger charge is -2.10. The van der Waals surface area contributed by atoms with E-state index in [2.05, 4.69) is 10.4 Å². The molecule has 0 aromatic carbocycles. The molecule has 0 unspecified atom stereocenters. The first-order valence-electron chi connectivity index (χ1n) is 6.92. The van der Waals surface area contributed by atoms with Crippen molar-refractivity contribution in [1.82, 2.24) is 19.7 Å². The van der Waals surface area contributed by atoms with E-state index in [4.69, 9.17) is 5.11 Å². The van der Waals surface area contributed by atoms with Gasteiger partial charge in [-0.3, -0.25) is 14.4 Å². The van der Waals surface area contributed by atoms with Crippen LogP contribution in [0, 0.1) is 0 Å². The fraction of sp³-hybridized carbons (Fsp3) is 0.286. The molecule has 3 N–H and O–H groups in total. The van der Waals surface area contributed by atoms with Crippen molar-refractivity contribution in [1.29, 1.82) is 0 Å². The number of carbonyl (C=O) groups excluding carboxylic acids is 1. The predicted octanol–water partition coefficient (Wildman–Crippen LogP) is -0.488. The zero-order chi connectivity index (χ0) is 16.7. The summed E-state index contributed by atoms with van der Waals surface area (Å²) in [4.78, 5) is 35.0. The summed E-state index contributed by atoms with van der Waals surface area (Å²) in [5.74, 6) is -2.67. The van der Waals surface area contributed by atoms with Crippen LogP contribution < -0.4 is 10.9 Å². The molecule has 1 aliphatic rings. The number of rotatable bonds is 3. The second kappa shape index (κ2) is 5.27.